The van der Waals surface area contributed by atoms with E-state index in [4.69, 9.17) is 16.3 Å². The maximum Gasteiger partial charge on any atom is 0.132 e. The molecule has 0 N–H and O–H groups in total. The molecular formula is C16H21ClN2O. The predicted octanol–water partition coefficient (Wildman–Crippen LogP) is 4.56. The number of halogens is 1. The Morgan fingerprint density at radius 2 is 1.85 bits per heavy atom. The standard InChI is InChI=1S/C16H21ClN2O/c1-3-15(4-2)19-10-9-14(18-19)12-20-16-7-5-13(11-17)6-8-16/h5-10,15H,3-4,11-12H2,1-2H3. The first-order valence-electron chi connectivity index (χ1n) is 7.08. The zero-order valence-corrected chi connectivity index (χ0v) is 12.8. The molecule has 1 aromatic heterocycles. The van der Waals surface area contributed by atoms with Crippen molar-refractivity contribution in [1.82, 2.24) is 9.78 Å². The van der Waals surface area contributed by atoms with E-state index in [1.54, 1.807) is 0 Å². The molecule has 20 heavy (non-hydrogen) atoms. The van der Waals surface area contributed by atoms with Crippen LogP contribution in [-0.2, 0) is 12.5 Å². The summed E-state index contributed by atoms with van der Waals surface area (Å²) in [5.74, 6) is 1.37. The number of hydrogen-bond donors (Lipinski definition) is 0. The number of nitrogens with zero attached hydrogens (tertiary/aromatic N) is 2. The van der Waals surface area contributed by atoms with Gasteiger partial charge in [0.15, 0.2) is 0 Å². The molecule has 0 radical (unpaired) electrons. The van der Waals surface area contributed by atoms with Gasteiger partial charge in [-0.3, -0.25) is 4.68 Å². The molecule has 0 aliphatic rings. The molecule has 0 saturated heterocycles. The third kappa shape index (κ3) is 3.76. The fraction of sp³-hybridized carbons (Fsp3) is 0.438. The highest BCUT2D eigenvalue weighted by atomic mass is 35.5. The van der Waals surface area contributed by atoms with Crippen LogP contribution in [0.25, 0.3) is 0 Å². The van der Waals surface area contributed by atoms with Crippen molar-refractivity contribution in [2.24, 2.45) is 0 Å². The minimum absolute atomic E-state index is 0.478. The molecule has 0 atom stereocenters. The molecule has 108 valence electrons. The van der Waals surface area contributed by atoms with Crippen LogP contribution < -0.4 is 4.74 Å². The number of ether oxygens (including phenoxy) is 1. The van der Waals surface area contributed by atoms with Gasteiger partial charge in [0.2, 0.25) is 0 Å². The Balaban J connectivity index is 1.93. The average Bonchev–Trinajstić information content (AvgIpc) is 2.96. The number of hydrogen-bond acceptors (Lipinski definition) is 2. The van der Waals surface area contributed by atoms with Crippen molar-refractivity contribution in [2.45, 2.75) is 45.2 Å². The molecular weight excluding hydrogens is 272 g/mol. The van der Waals surface area contributed by atoms with Crippen molar-refractivity contribution in [3.05, 3.63) is 47.8 Å². The quantitative estimate of drug-likeness (QED) is 0.699. The molecule has 4 heteroatoms. The van der Waals surface area contributed by atoms with Crippen LogP contribution in [-0.4, -0.2) is 9.78 Å². The first-order valence-corrected chi connectivity index (χ1v) is 7.62. The number of rotatable bonds is 7. The Morgan fingerprint density at radius 3 is 2.45 bits per heavy atom. The summed E-state index contributed by atoms with van der Waals surface area (Å²) >= 11 is 5.76. The second-order valence-corrected chi connectivity index (χ2v) is 5.09. The minimum Gasteiger partial charge on any atom is -0.487 e. The van der Waals surface area contributed by atoms with Crippen molar-refractivity contribution in [2.75, 3.05) is 0 Å². The molecule has 0 fully saturated rings. The summed E-state index contributed by atoms with van der Waals surface area (Å²) in [6.45, 7) is 4.86. The third-order valence-electron chi connectivity index (χ3n) is 3.44. The SMILES string of the molecule is CCC(CC)n1ccc(COc2ccc(CCl)cc2)n1. The predicted molar refractivity (Wildman–Crippen MR) is 82.2 cm³/mol. The average molecular weight is 293 g/mol. The van der Waals surface area contributed by atoms with Gasteiger partial charge < -0.3 is 4.74 Å². The largest absolute Gasteiger partial charge is 0.487 e. The van der Waals surface area contributed by atoms with Crippen LogP contribution in [0.15, 0.2) is 36.5 Å². The summed E-state index contributed by atoms with van der Waals surface area (Å²) in [6, 6.07) is 10.3. The van der Waals surface area contributed by atoms with Crippen molar-refractivity contribution < 1.29 is 4.74 Å². The van der Waals surface area contributed by atoms with Crippen molar-refractivity contribution in [3.8, 4) is 5.75 Å². The van der Waals surface area contributed by atoms with Crippen LogP contribution in [0.5, 0.6) is 5.75 Å². The van der Waals surface area contributed by atoms with Crippen LogP contribution in [0.3, 0.4) is 0 Å². The Kier molecular flexibility index (Phi) is 5.48. The molecule has 2 rings (SSSR count). The van der Waals surface area contributed by atoms with E-state index in [-0.39, 0.29) is 0 Å². The lowest BCUT2D eigenvalue weighted by Crippen LogP contribution is -2.08. The van der Waals surface area contributed by atoms with Gasteiger partial charge in [0.25, 0.3) is 0 Å². The van der Waals surface area contributed by atoms with Crippen molar-refractivity contribution in [3.63, 3.8) is 0 Å². The van der Waals surface area contributed by atoms with Crippen molar-refractivity contribution >= 4 is 11.6 Å². The fourth-order valence-electron chi connectivity index (χ4n) is 2.15. The molecule has 3 nitrogen and oxygen atoms in total. The van der Waals surface area contributed by atoms with Crippen LogP contribution in [0.1, 0.15) is 44.0 Å². The summed E-state index contributed by atoms with van der Waals surface area (Å²) in [7, 11) is 0. The molecule has 0 aliphatic carbocycles. The highest BCUT2D eigenvalue weighted by Crippen LogP contribution is 2.17. The van der Waals surface area contributed by atoms with Gasteiger partial charge in [0.05, 0.1) is 11.7 Å². The van der Waals surface area contributed by atoms with Crippen LogP contribution in [0.2, 0.25) is 0 Å². The van der Waals surface area contributed by atoms with Gasteiger partial charge in [-0.05, 0) is 36.6 Å². The maximum absolute atomic E-state index is 5.76. The summed E-state index contributed by atoms with van der Waals surface area (Å²) in [4.78, 5) is 0. The van der Waals surface area contributed by atoms with E-state index in [2.05, 4.69) is 18.9 Å². The molecule has 0 amide bonds. The van der Waals surface area contributed by atoms with Crippen LogP contribution in [0, 0.1) is 0 Å². The highest BCUT2D eigenvalue weighted by molar-refractivity contribution is 6.17. The van der Waals surface area contributed by atoms with Gasteiger partial charge in [-0.15, -0.1) is 11.6 Å². The molecule has 0 spiro atoms. The van der Waals surface area contributed by atoms with E-state index < -0.39 is 0 Å². The Morgan fingerprint density at radius 1 is 1.15 bits per heavy atom. The topological polar surface area (TPSA) is 27.1 Å². The van der Waals surface area contributed by atoms with Gasteiger partial charge in [0.1, 0.15) is 12.4 Å². The van der Waals surface area contributed by atoms with E-state index in [1.165, 1.54) is 0 Å². The van der Waals surface area contributed by atoms with Gasteiger partial charge in [0, 0.05) is 12.1 Å². The molecule has 0 saturated carbocycles. The van der Waals surface area contributed by atoms with Crippen LogP contribution >= 0.6 is 11.6 Å². The highest BCUT2D eigenvalue weighted by Gasteiger charge is 2.08. The summed E-state index contributed by atoms with van der Waals surface area (Å²) < 4.78 is 7.77. The zero-order chi connectivity index (χ0) is 14.4. The van der Waals surface area contributed by atoms with E-state index >= 15 is 0 Å². The lowest BCUT2D eigenvalue weighted by Gasteiger charge is -2.12. The van der Waals surface area contributed by atoms with Crippen molar-refractivity contribution in [1.29, 1.82) is 0 Å². The van der Waals surface area contributed by atoms with E-state index in [0.29, 0.717) is 18.5 Å². The Hall–Kier alpha value is -1.48. The normalized spacial score (nSPS) is 11.0. The summed E-state index contributed by atoms with van der Waals surface area (Å²) in [6.07, 6.45) is 4.23. The minimum atomic E-state index is 0.478. The maximum atomic E-state index is 5.76. The number of alkyl halides is 1. The summed E-state index contributed by atoms with van der Waals surface area (Å²) in [5.41, 5.74) is 2.05. The summed E-state index contributed by atoms with van der Waals surface area (Å²) in [5, 5.41) is 4.57. The van der Waals surface area contributed by atoms with Gasteiger partial charge >= 0.3 is 0 Å². The van der Waals surface area contributed by atoms with Crippen LogP contribution in [0.4, 0.5) is 0 Å². The molecule has 1 heterocycles. The molecule has 0 bridgehead atoms. The Bertz CT molecular complexity index is 518. The molecule has 1 aromatic carbocycles. The molecule has 0 aliphatic heterocycles. The lowest BCUT2D eigenvalue weighted by molar-refractivity contribution is 0.297. The number of aromatic nitrogens is 2. The number of benzene rings is 1. The first-order chi connectivity index (χ1) is 9.76. The zero-order valence-electron chi connectivity index (χ0n) is 12.1. The fourth-order valence-corrected chi connectivity index (χ4v) is 2.33. The van der Waals surface area contributed by atoms with E-state index in [9.17, 15) is 0 Å². The molecule has 2 aromatic rings. The second kappa shape index (κ2) is 7.34. The van der Waals surface area contributed by atoms with Gasteiger partial charge in [-0.25, -0.2) is 0 Å². The third-order valence-corrected chi connectivity index (χ3v) is 3.75. The first kappa shape index (κ1) is 14.9. The van der Waals surface area contributed by atoms with E-state index in [0.717, 1.165) is 29.8 Å². The monoisotopic (exact) mass is 292 g/mol. The molecule has 0 unspecified atom stereocenters. The van der Waals surface area contributed by atoms with Gasteiger partial charge in [-0.2, -0.15) is 5.10 Å². The Labute approximate surface area is 125 Å². The van der Waals surface area contributed by atoms with Gasteiger partial charge in [-0.1, -0.05) is 26.0 Å². The lowest BCUT2D eigenvalue weighted by atomic mass is 10.2. The van der Waals surface area contributed by atoms with E-state index in [1.807, 2.05) is 41.2 Å². The second-order valence-electron chi connectivity index (χ2n) is 4.82. The smallest absolute Gasteiger partial charge is 0.132 e.